The largest absolute Gasteiger partial charge is 0.495 e. The van der Waals surface area contributed by atoms with Crippen molar-refractivity contribution in [1.82, 2.24) is 4.31 Å². The molecule has 2 rings (SSSR count). The predicted molar refractivity (Wildman–Crippen MR) is 113 cm³/mol. The number of hydrogen-bond donors (Lipinski definition) is 1. The fourth-order valence-electron chi connectivity index (χ4n) is 2.81. The molecule has 9 nitrogen and oxygen atoms in total. The molecule has 0 aliphatic rings. The first-order chi connectivity index (χ1) is 14.2. The summed E-state index contributed by atoms with van der Waals surface area (Å²) in [5.74, 6) is -0.279. The summed E-state index contributed by atoms with van der Waals surface area (Å²) < 4.78 is 32.1. The number of amides is 1. The van der Waals surface area contributed by atoms with Crippen molar-refractivity contribution in [3.05, 3.63) is 58.1 Å². The topological polar surface area (TPSA) is 119 Å². The molecule has 0 saturated carbocycles. The van der Waals surface area contributed by atoms with E-state index >= 15 is 0 Å². The van der Waals surface area contributed by atoms with Gasteiger partial charge >= 0.3 is 0 Å². The number of carbonyl (C=O) groups excluding carboxylic acids is 1. The van der Waals surface area contributed by atoms with Crippen LogP contribution in [-0.2, 0) is 10.0 Å². The fraction of sp³-hybridized carbons (Fsp3) is 0.350. The van der Waals surface area contributed by atoms with Crippen molar-refractivity contribution in [2.24, 2.45) is 0 Å². The predicted octanol–water partition coefficient (Wildman–Crippen LogP) is 3.67. The molecule has 2 aromatic rings. The Bertz CT molecular complexity index is 1010. The number of non-ortho nitro benzene ring substituents is 1. The molecule has 0 bridgehead atoms. The van der Waals surface area contributed by atoms with Gasteiger partial charge < -0.3 is 10.1 Å². The third-order valence-corrected chi connectivity index (χ3v) is 6.50. The normalized spacial score (nSPS) is 11.3. The number of benzene rings is 2. The van der Waals surface area contributed by atoms with Crippen LogP contribution in [0.5, 0.6) is 5.75 Å². The van der Waals surface area contributed by atoms with E-state index in [0.717, 1.165) is 12.8 Å². The summed E-state index contributed by atoms with van der Waals surface area (Å²) in [6.07, 6.45) is 1.64. The van der Waals surface area contributed by atoms with Crippen LogP contribution in [0.2, 0.25) is 0 Å². The lowest BCUT2D eigenvalue weighted by atomic mass is 10.2. The van der Waals surface area contributed by atoms with E-state index in [2.05, 4.69) is 5.32 Å². The fourth-order valence-corrected chi connectivity index (χ4v) is 4.30. The Morgan fingerprint density at radius 2 is 1.83 bits per heavy atom. The van der Waals surface area contributed by atoms with Crippen molar-refractivity contribution in [3.63, 3.8) is 0 Å². The van der Waals surface area contributed by atoms with Crippen molar-refractivity contribution >= 4 is 27.3 Å². The number of anilines is 1. The molecule has 0 atom stereocenters. The van der Waals surface area contributed by atoms with E-state index in [4.69, 9.17) is 4.74 Å². The van der Waals surface area contributed by atoms with Crippen molar-refractivity contribution in [1.29, 1.82) is 0 Å². The Hall–Kier alpha value is -2.98. The van der Waals surface area contributed by atoms with Gasteiger partial charge in [-0.3, -0.25) is 14.9 Å². The minimum absolute atomic E-state index is 0.102. The molecule has 0 heterocycles. The third-order valence-electron chi connectivity index (χ3n) is 4.51. The van der Waals surface area contributed by atoms with Gasteiger partial charge in [-0.1, -0.05) is 20.3 Å². The maximum absolute atomic E-state index is 12.8. The highest BCUT2D eigenvalue weighted by Gasteiger charge is 2.23. The average molecular weight is 436 g/mol. The van der Waals surface area contributed by atoms with Crippen LogP contribution < -0.4 is 10.1 Å². The van der Waals surface area contributed by atoms with E-state index < -0.39 is 20.9 Å². The molecule has 0 unspecified atom stereocenters. The maximum atomic E-state index is 12.8. The van der Waals surface area contributed by atoms with Gasteiger partial charge in [-0.15, -0.1) is 0 Å². The Morgan fingerprint density at radius 3 is 2.37 bits per heavy atom. The standard InChI is InChI=1S/C20H25N3O6S/c1-4-6-13-22(5-2)30(27,28)17-10-7-15(8-11-17)20(24)21-18-14-16(23(25)26)9-12-19(18)29-3/h7-12,14H,4-6,13H2,1-3H3,(H,21,24). The highest BCUT2D eigenvalue weighted by Crippen LogP contribution is 2.29. The lowest BCUT2D eigenvalue weighted by molar-refractivity contribution is -0.384. The van der Waals surface area contributed by atoms with Gasteiger partial charge in [-0.2, -0.15) is 4.31 Å². The highest BCUT2D eigenvalue weighted by atomic mass is 32.2. The van der Waals surface area contributed by atoms with Gasteiger partial charge in [0.2, 0.25) is 10.0 Å². The van der Waals surface area contributed by atoms with E-state index in [0.29, 0.717) is 13.1 Å². The molecule has 0 aliphatic carbocycles. The number of nitro benzene ring substituents is 1. The van der Waals surface area contributed by atoms with Crippen LogP contribution in [0.3, 0.4) is 0 Å². The van der Waals surface area contributed by atoms with E-state index in [1.165, 1.54) is 53.9 Å². The molecule has 0 radical (unpaired) electrons. The van der Waals surface area contributed by atoms with Gasteiger partial charge in [0.1, 0.15) is 5.75 Å². The quantitative estimate of drug-likeness (QED) is 0.449. The molecule has 2 aromatic carbocycles. The lowest BCUT2D eigenvalue weighted by Gasteiger charge is -2.20. The zero-order valence-corrected chi connectivity index (χ0v) is 17.9. The van der Waals surface area contributed by atoms with Crippen molar-refractivity contribution < 1.29 is 22.9 Å². The Balaban J connectivity index is 2.23. The molecule has 30 heavy (non-hydrogen) atoms. The van der Waals surface area contributed by atoms with E-state index in [9.17, 15) is 23.3 Å². The van der Waals surface area contributed by atoms with Crippen LogP contribution >= 0.6 is 0 Å². The molecule has 0 saturated heterocycles. The number of methoxy groups -OCH3 is 1. The summed E-state index contributed by atoms with van der Waals surface area (Å²) in [5.41, 5.74) is 0.156. The Labute approximate surface area is 175 Å². The second-order valence-electron chi connectivity index (χ2n) is 6.47. The summed E-state index contributed by atoms with van der Waals surface area (Å²) in [4.78, 5) is 23.1. The monoisotopic (exact) mass is 435 g/mol. The number of nitro groups is 1. The number of nitrogens with zero attached hydrogens (tertiary/aromatic N) is 2. The Morgan fingerprint density at radius 1 is 1.17 bits per heavy atom. The van der Waals surface area contributed by atoms with Crippen LogP contribution in [-0.4, -0.2) is 43.8 Å². The third kappa shape index (κ3) is 5.33. The molecule has 162 valence electrons. The number of rotatable bonds is 10. The van der Waals surface area contributed by atoms with Gasteiger partial charge in [0.05, 0.1) is 22.6 Å². The van der Waals surface area contributed by atoms with Gasteiger partial charge in [0.25, 0.3) is 11.6 Å². The number of carbonyl (C=O) groups is 1. The lowest BCUT2D eigenvalue weighted by Crippen LogP contribution is -2.31. The molecular weight excluding hydrogens is 410 g/mol. The summed E-state index contributed by atoms with van der Waals surface area (Å²) in [6.45, 7) is 4.56. The number of unbranched alkanes of at least 4 members (excludes halogenated alkanes) is 1. The molecule has 0 spiro atoms. The first-order valence-electron chi connectivity index (χ1n) is 9.48. The van der Waals surface area contributed by atoms with Gasteiger partial charge in [0, 0.05) is 30.8 Å². The zero-order chi connectivity index (χ0) is 22.3. The zero-order valence-electron chi connectivity index (χ0n) is 17.1. The van der Waals surface area contributed by atoms with E-state index in [1.807, 2.05) is 6.92 Å². The minimum Gasteiger partial charge on any atom is -0.495 e. The molecule has 0 aliphatic heterocycles. The first kappa shape index (κ1) is 23.3. The molecule has 0 fully saturated rings. The first-order valence-corrected chi connectivity index (χ1v) is 10.9. The number of sulfonamides is 1. The van der Waals surface area contributed by atoms with Crippen molar-refractivity contribution in [2.45, 2.75) is 31.6 Å². The van der Waals surface area contributed by atoms with E-state index in [-0.39, 0.29) is 27.6 Å². The van der Waals surface area contributed by atoms with Crippen LogP contribution in [0.25, 0.3) is 0 Å². The van der Waals surface area contributed by atoms with E-state index in [1.54, 1.807) is 6.92 Å². The summed E-state index contributed by atoms with van der Waals surface area (Å²) >= 11 is 0. The minimum atomic E-state index is -3.64. The molecule has 1 N–H and O–H groups in total. The highest BCUT2D eigenvalue weighted by molar-refractivity contribution is 7.89. The summed E-state index contributed by atoms with van der Waals surface area (Å²) in [6, 6.07) is 9.42. The van der Waals surface area contributed by atoms with Crippen LogP contribution in [0.4, 0.5) is 11.4 Å². The van der Waals surface area contributed by atoms with Crippen LogP contribution in [0, 0.1) is 10.1 Å². The van der Waals surface area contributed by atoms with Crippen molar-refractivity contribution in [2.75, 3.05) is 25.5 Å². The second kappa shape index (κ2) is 10.2. The number of nitrogens with one attached hydrogen (secondary N) is 1. The van der Waals surface area contributed by atoms with Gasteiger partial charge in [-0.05, 0) is 36.8 Å². The van der Waals surface area contributed by atoms with Crippen molar-refractivity contribution in [3.8, 4) is 5.75 Å². The second-order valence-corrected chi connectivity index (χ2v) is 8.41. The number of ether oxygens (including phenoxy) is 1. The molecule has 10 heteroatoms. The Kier molecular flexibility index (Phi) is 7.90. The molecule has 1 amide bonds. The van der Waals surface area contributed by atoms with Gasteiger partial charge in [-0.25, -0.2) is 8.42 Å². The van der Waals surface area contributed by atoms with Crippen LogP contribution in [0.1, 0.15) is 37.0 Å². The number of hydrogen-bond acceptors (Lipinski definition) is 6. The average Bonchev–Trinajstić information content (AvgIpc) is 2.74. The van der Waals surface area contributed by atoms with Crippen LogP contribution in [0.15, 0.2) is 47.4 Å². The van der Waals surface area contributed by atoms with Gasteiger partial charge in [0.15, 0.2) is 0 Å². The molecule has 0 aromatic heterocycles. The SMILES string of the molecule is CCCCN(CC)S(=O)(=O)c1ccc(C(=O)Nc2cc([N+](=O)[O-])ccc2OC)cc1. The summed E-state index contributed by atoms with van der Waals surface area (Å²) in [7, 11) is -2.26. The summed E-state index contributed by atoms with van der Waals surface area (Å²) in [5, 5.41) is 13.5. The maximum Gasteiger partial charge on any atom is 0.271 e. The smallest absolute Gasteiger partial charge is 0.271 e. The molecular formula is C20H25N3O6S.